The zero-order valence-corrected chi connectivity index (χ0v) is 10.9. The molecule has 0 amide bonds. The molecule has 0 spiro atoms. The van der Waals surface area contributed by atoms with Crippen LogP contribution in [0.5, 0.6) is 0 Å². The van der Waals surface area contributed by atoms with Crippen molar-refractivity contribution in [3.05, 3.63) is 0 Å². The smallest absolute Gasteiger partial charge is 0.0967 e. The van der Waals surface area contributed by atoms with Gasteiger partial charge in [0.2, 0.25) is 0 Å². The summed E-state index contributed by atoms with van der Waals surface area (Å²) in [5.41, 5.74) is 0. The fourth-order valence-electron chi connectivity index (χ4n) is 1.96. The molecule has 92 valence electrons. The molecular formula is C13H25N3. The lowest BCUT2D eigenvalue weighted by atomic mass is 10.1. The Labute approximate surface area is 99.8 Å². The largest absolute Gasteiger partial charge is 0.301 e. The molecule has 2 atom stereocenters. The van der Waals surface area contributed by atoms with Gasteiger partial charge >= 0.3 is 0 Å². The molecule has 0 aromatic heterocycles. The third-order valence-corrected chi connectivity index (χ3v) is 3.50. The molecule has 1 aliphatic rings. The van der Waals surface area contributed by atoms with Crippen molar-refractivity contribution in [2.45, 2.75) is 64.6 Å². The Kier molecular flexibility index (Phi) is 5.79. The summed E-state index contributed by atoms with van der Waals surface area (Å²) in [6, 6.07) is 3.68. The first-order valence-corrected chi connectivity index (χ1v) is 6.60. The van der Waals surface area contributed by atoms with Gasteiger partial charge in [0.1, 0.15) is 0 Å². The molecule has 0 heterocycles. The van der Waals surface area contributed by atoms with Crippen molar-refractivity contribution in [2.75, 3.05) is 13.1 Å². The molecule has 0 radical (unpaired) electrons. The molecule has 0 bridgehead atoms. The van der Waals surface area contributed by atoms with E-state index in [0.29, 0.717) is 12.1 Å². The van der Waals surface area contributed by atoms with Gasteiger partial charge in [0.05, 0.1) is 12.1 Å². The van der Waals surface area contributed by atoms with Crippen LogP contribution in [0.1, 0.15) is 46.5 Å². The summed E-state index contributed by atoms with van der Waals surface area (Å²) < 4.78 is 0. The quantitative estimate of drug-likeness (QED) is 0.685. The third kappa shape index (κ3) is 4.51. The highest BCUT2D eigenvalue weighted by Crippen LogP contribution is 2.20. The highest BCUT2D eigenvalue weighted by molar-refractivity contribution is 4.96. The van der Waals surface area contributed by atoms with Gasteiger partial charge in [-0.2, -0.15) is 5.26 Å². The van der Waals surface area contributed by atoms with Crippen LogP contribution in [0.3, 0.4) is 0 Å². The van der Waals surface area contributed by atoms with Crippen molar-refractivity contribution < 1.29 is 0 Å². The number of nitrogens with zero attached hydrogens (tertiary/aromatic N) is 2. The van der Waals surface area contributed by atoms with Crippen LogP contribution in [-0.2, 0) is 0 Å². The van der Waals surface area contributed by atoms with Crippen molar-refractivity contribution in [1.29, 1.82) is 5.26 Å². The highest BCUT2D eigenvalue weighted by atomic mass is 15.1. The molecule has 0 aromatic rings. The summed E-state index contributed by atoms with van der Waals surface area (Å²) in [4.78, 5) is 2.46. The van der Waals surface area contributed by atoms with Crippen molar-refractivity contribution >= 4 is 0 Å². The molecule has 1 rings (SSSR count). The van der Waals surface area contributed by atoms with Crippen molar-refractivity contribution in [2.24, 2.45) is 0 Å². The SMILES string of the molecule is CCC(C)N(CC)CCC(C#N)NC1CC1. The average molecular weight is 223 g/mol. The molecule has 3 heteroatoms. The van der Waals surface area contributed by atoms with E-state index in [2.05, 4.69) is 37.1 Å². The lowest BCUT2D eigenvalue weighted by Gasteiger charge is -2.27. The topological polar surface area (TPSA) is 39.1 Å². The molecule has 3 nitrogen and oxygen atoms in total. The average Bonchev–Trinajstić information content (AvgIpc) is 3.11. The van der Waals surface area contributed by atoms with Gasteiger partial charge in [0.15, 0.2) is 0 Å². The minimum atomic E-state index is 0.0469. The van der Waals surface area contributed by atoms with E-state index in [0.717, 1.165) is 19.5 Å². The first-order chi connectivity index (χ1) is 7.71. The molecule has 1 aliphatic carbocycles. The van der Waals surface area contributed by atoms with Gasteiger partial charge in [-0.3, -0.25) is 5.32 Å². The molecule has 0 aromatic carbocycles. The minimum Gasteiger partial charge on any atom is -0.301 e. The first-order valence-electron chi connectivity index (χ1n) is 6.60. The van der Waals surface area contributed by atoms with Gasteiger partial charge in [-0.1, -0.05) is 13.8 Å². The molecule has 0 saturated heterocycles. The predicted octanol–water partition coefficient (Wildman–Crippen LogP) is 2.14. The lowest BCUT2D eigenvalue weighted by Crippen LogP contribution is -2.38. The Morgan fingerprint density at radius 2 is 2.12 bits per heavy atom. The second-order valence-corrected chi connectivity index (χ2v) is 4.80. The summed E-state index contributed by atoms with van der Waals surface area (Å²) in [6.07, 6.45) is 4.63. The van der Waals surface area contributed by atoms with Gasteiger partial charge in [0, 0.05) is 18.6 Å². The molecule has 16 heavy (non-hydrogen) atoms. The number of nitrogens with one attached hydrogen (secondary N) is 1. The highest BCUT2D eigenvalue weighted by Gasteiger charge is 2.24. The molecule has 1 fully saturated rings. The van der Waals surface area contributed by atoms with Crippen molar-refractivity contribution in [1.82, 2.24) is 10.2 Å². The van der Waals surface area contributed by atoms with Crippen LogP contribution in [0.4, 0.5) is 0 Å². The number of rotatable bonds is 8. The Hall–Kier alpha value is -0.590. The van der Waals surface area contributed by atoms with Crippen LogP contribution in [0, 0.1) is 11.3 Å². The number of hydrogen-bond donors (Lipinski definition) is 1. The summed E-state index contributed by atoms with van der Waals surface area (Å²) >= 11 is 0. The van der Waals surface area contributed by atoms with Gasteiger partial charge in [0.25, 0.3) is 0 Å². The second-order valence-electron chi connectivity index (χ2n) is 4.80. The van der Waals surface area contributed by atoms with Crippen LogP contribution < -0.4 is 5.32 Å². The molecular weight excluding hydrogens is 198 g/mol. The van der Waals surface area contributed by atoms with Gasteiger partial charge < -0.3 is 4.90 Å². The van der Waals surface area contributed by atoms with Crippen LogP contribution in [-0.4, -0.2) is 36.1 Å². The Morgan fingerprint density at radius 1 is 1.44 bits per heavy atom. The molecule has 2 unspecified atom stereocenters. The van der Waals surface area contributed by atoms with Gasteiger partial charge in [-0.15, -0.1) is 0 Å². The Bertz CT molecular complexity index is 230. The van der Waals surface area contributed by atoms with Crippen molar-refractivity contribution in [3.63, 3.8) is 0 Å². The van der Waals surface area contributed by atoms with E-state index in [9.17, 15) is 0 Å². The van der Waals surface area contributed by atoms with Gasteiger partial charge in [-0.25, -0.2) is 0 Å². The van der Waals surface area contributed by atoms with E-state index in [-0.39, 0.29) is 6.04 Å². The van der Waals surface area contributed by atoms with E-state index in [1.165, 1.54) is 19.3 Å². The van der Waals surface area contributed by atoms with Crippen LogP contribution >= 0.6 is 0 Å². The maximum atomic E-state index is 9.05. The zero-order valence-electron chi connectivity index (χ0n) is 10.9. The fourth-order valence-corrected chi connectivity index (χ4v) is 1.96. The van der Waals surface area contributed by atoms with Crippen LogP contribution in [0.15, 0.2) is 0 Å². The van der Waals surface area contributed by atoms with Gasteiger partial charge in [-0.05, 0) is 39.2 Å². The maximum absolute atomic E-state index is 9.05. The summed E-state index contributed by atoms with van der Waals surface area (Å²) in [6.45, 7) is 8.79. The molecule has 1 saturated carbocycles. The van der Waals surface area contributed by atoms with Crippen molar-refractivity contribution in [3.8, 4) is 6.07 Å². The number of hydrogen-bond acceptors (Lipinski definition) is 3. The fraction of sp³-hybridized carbons (Fsp3) is 0.923. The zero-order chi connectivity index (χ0) is 12.0. The summed E-state index contributed by atoms with van der Waals surface area (Å²) in [5.74, 6) is 0. The second kappa shape index (κ2) is 6.88. The maximum Gasteiger partial charge on any atom is 0.0967 e. The predicted molar refractivity (Wildman–Crippen MR) is 67.2 cm³/mol. The third-order valence-electron chi connectivity index (χ3n) is 3.50. The minimum absolute atomic E-state index is 0.0469. The monoisotopic (exact) mass is 223 g/mol. The van der Waals surface area contributed by atoms with Crippen LogP contribution in [0.2, 0.25) is 0 Å². The Balaban J connectivity index is 2.25. The number of nitriles is 1. The standard InChI is InChI=1S/C13H25N3/c1-4-11(3)16(5-2)9-8-13(10-14)15-12-6-7-12/h11-13,15H,4-9H2,1-3H3. The van der Waals surface area contributed by atoms with E-state index < -0.39 is 0 Å². The van der Waals surface area contributed by atoms with E-state index in [1.807, 2.05) is 0 Å². The summed E-state index contributed by atoms with van der Waals surface area (Å²) in [5, 5.41) is 12.4. The van der Waals surface area contributed by atoms with E-state index >= 15 is 0 Å². The first kappa shape index (κ1) is 13.5. The molecule has 1 N–H and O–H groups in total. The summed E-state index contributed by atoms with van der Waals surface area (Å²) in [7, 11) is 0. The Morgan fingerprint density at radius 3 is 2.56 bits per heavy atom. The molecule has 0 aliphatic heterocycles. The lowest BCUT2D eigenvalue weighted by molar-refractivity contribution is 0.207. The van der Waals surface area contributed by atoms with E-state index in [4.69, 9.17) is 5.26 Å². The van der Waals surface area contributed by atoms with E-state index in [1.54, 1.807) is 0 Å². The van der Waals surface area contributed by atoms with Crippen LogP contribution in [0.25, 0.3) is 0 Å². The normalized spacial score (nSPS) is 19.4.